The van der Waals surface area contributed by atoms with Gasteiger partial charge in [0, 0.05) is 11.1 Å². The van der Waals surface area contributed by atoms with E-state index in [1.54, 1.807) is 36.4 Å². The first-order valence-corrected chi connectivity index (χ1v) is 15.7. The summed E-state index contributed by atoms with van der Waals surface area (Å²) in [4.78, 5) is 27.3. The molecule has 0 aliphatic carbocycles. The molecule has 238 valence electrons. The predicted molar refractivity (Wildman–Crippen MR) is 185 cm³/mol. The molecule has 6 heteroatoms. The van der Waals surface area contributed by atoms with Gasteiger partial charge in [-0.05, 0) is 58.7 Å². The van der Waals surface area contributed by atoms with E-state index in [0.29, 0.717) is 36.2 Å². The molecule has 0 bridgehead atoms. The average molecular weight is 635 g/mol. The van der Waals surface area contributed by atoms with Crippen LogP contribution in [0.25, 0.3) is 0 Å². The summed E-state index contributed by atoms with van der Waals surface area (Å²) in [7, 11) is 0. The third kappa shape index (κ3) is 8.56. The molecular weight excluding hydrogens is 600 g/mol. The van der Waals surface area contributed by atoms with Crippen molar-refractivity contribution in [3.05, 3.63) is 191 Å². The van der Waals surface area contributed by atoms with Gasteiger partial charge >= 0.3 is 0 Å². The number of hydrogen-bond donors (Lipinski definition) is 0. The van der Waals surface area contributed by atoms with Crippen LogP contribution in [0.4, 0.5) is 0 Å². The number of carbonyl (C=O) groups is 2. The molecule has 0 spiro atoms. The predicted octanol–water partition coefficient (Wildman–Crippen LogP) is 9.07. The van der Waals surface area contributed by atoms with Crippen LogP contribution in [0.5, 0.6) is 23.0 Å². The number of ketones is 2. The highest BCUT2D eigenvalue weighted by Crippen LogP contribution is 2.33. The standard InChI is InChI=1S/C42H34O6/c43-41(35-21-23-37(45-27-31-13-5-1-6-14-31)39(25-35)47-29-33-17-9-3-10-18-33)42(44)36-22-24-38(46-28-32-15-7-2-8-16-32)40(26-36)48-30-34-19-11-4-12-20-34/h1-26H,27-30H2. The zero-order valence-electron chi connectivity index (χ0n) is 26.3. The number of rotatable bonds is 15. The monoisotopic (exact) mass is 634 g/mol. The van der Waals surface area contributed by atoms with Gasteiger partial charge in [-0.2, -0.15) is 0 Å². The molecule has 48 heavy (non-hydrogen) atoms. The van der Waals surface area contributed by atoms with Crippen LogP contribution in [-0.2, 0) is 26.4 Å². The van der Waals surface area contributed by atoms with E-state index in [0.717, 1.165) is 22.3 Å². The first-order valence-electron chi connectivity index (χ1n) is 15.7. The number of hydrogen-bond acceptors (Lipinski definition) is 6. The molecule has 6 nitrogen and oxygen atoms in total. The van der Waals surface area contributed by atoms with Crippen LogP contribution in [0.1, 0.15) is 43.0 Å². The summed E-state index contributed by atoms with van der Waals surface area (Å²) in [5.74, 6) is 0.308. The highest BCUT2D eigenvalue weighted by molar-refractivity contribution is 6.49. The number of Topliss-reactive ketones (excluding diaryl/α,β-unsaturated/α-hetero) is 2. The van der Waals surface area contributed by atoms with Crippen LogP contribution in [0.2, 0.25) is 0 Å². The zero-order chi connectivity index (χ0) is 33.0. The van der Waals surface area contributed by atoms with Crippen molar-refractivity contribution >= 4 is 11.6 Å². The summed E-state index contributed by atoms with van der Waals surface area (Å²) in [6.07, 6.45) is 0. The highest BCUT2D eigenvalue weighted by Gasteiger charge is 2.22. The van der Waals surface area contributed by atoms with Gasteiger partial charge in [-0.15, -0.1) is 0 Å². The second-order valence-electron chi connectivity index (χ2n) is 11.1. The van der Waals surface area contributed by atoms with Crippen molar-refractivity contribution in [1.82, 2.24) is 0 Å². The van der Waals surface area contributed by atoms with Crippen LogP contribution < -0.4 is 18.9 Å². The number of ether oxygens (including phenoxy) is 4. The Labute approximate surface area is 280 Å². The molecule has 6 aromatic rings. The molecule has 0 unspecified atom stereocenters. The van der Waals surface area contributed by atoms with Gasteiger partial charge < -0.3 is 18.9 Å². The van der Waals surface area contributed by atoms with Crippen LogP contribution in [0.3, 0.4) is 0 Å². The van der Waals surface area contributed by atoms with E-state index in [-0.39, 0.29) is 24.3 Å². The molecule has 0 N–H and O–H groups in total. The first-order chi connectivity index (χ1) is 23.6. The van der Waals surface area contributed by atoms with E-state index in [9.17, 15) is 9.59 Å². The Hall–Kier alpha value is -6.14. The van der Waals surface area contributed by atoms with Crippen molar-refractivity contribution in [3.8, 4) is 23.0 Å². The third-order valence-corrected chi connectivity index (χ3v) is 7.57. The van der Waals surface area contributed by atoms with E-state index >= 15 is 0 Å². The molecule has 0 amide bonds. The number of carbonyl (C=O) groups excluding carboxylic acids is 2. The average Bonchev–Trinajstić information content (AvgIpc) is 3.16. The molecule has 0 radical (unpaired) electrons. The quantitative estimate of drug-likeness (QED) is 0.0829. The lowest BCUT2D eigenvalue weighted by atomic mass is 10.0. The fourth-order valence-electron chi connectivity index (χ4n) is 4.97. The number of benzene rings is 6. The van der Waals surface area contributed by atoms with Crippen LogP contribution in [-0.4, -0.2) is 11.6 Å². The second kappa shape index (κ2) is 15.9. The van der Waals surface area contributed by atoms with Crippen molar-refractivity contribution in [2.75, 3.05) is 0 Å². The van der Waals surface area contributed by atoms with Gasteiger partial charge in [0.2, 0.25) is 11.6 Å². The molecule has 0 atom stereocenters. The summed E-state index contributed by atoms with van der Waals surface area (Å²) in [6, 6.07) is 48.6. The summed E-state index contributed by atoms with van der Waals surface area (Å²) >= 11 is 0. The Balaban J connectivity index is 1.23. The van der Waals surface area contributed by atoms with E-state index in [2.05, 4.69) is 0 Å². The Morgan fingerprint density at radius 1 is 0.333 bits per heavy atom. The van der Waals surface area contributed by atoms with Gasteiger partial charge in [-0.3, -0.25) is 9.59 Å². The maximum Gasteiger partial charge on any atom is 0.233 e. The lowest BCUT2D eigenvalue weighted by Crippen LogP contribution is -2.15. The van der Waals surface area contributed by atoms with E-state index in [4.69, 9.17) is 18.9 Å². The van der Waals surface area contributed by atoms with Crippen LogP contribution in [0, 0.1) is 0 Å². The van der Waals surface area contributed by atoms with E-state index in [1.165, 1.54) is 0 Å². The summed E-state index contributed by atoms with van der Waals surface area (Å²) in [5, 5.41) is 0. The fraction of sp³-hybridized carbons (Fsp3) is 0.0952. The minimum atomic E-state index is -0.680. The Kier molecular flexibility index (Phi) is 10.6. The molecule has 0 fully saturated rings. The molecular formula is C42H34O6. The van der Waals surface area contributed by atoms with Gasteiger partial charge in [0.15, 0.2) is 23.0 Å². The van der Waals surface area contributed by atoms with E-state index < -0.39 is 11.6 Å². The van der Waals surface area contributed by atoms with Gasteiger partial charge in [0.1, 0.15) is 26.4 Å². The molecule has 0 aromatic heterocycles. The normalized spacial score (nSPS) is 10.6. The maximum atomic E-state index is 13.6. The third-order valence-electron chi connectivity index (χ3n) is 7.57. The van der Waals surface area contributed by atoms with Crippen molar-refractivity contribution in [3.63, 3.8) is 0 Å². The van der Waals surface area contributed by atoms with Crippen LogP contribution in [0.15, 0.2) is 158 Å². The Morgan fingerprint density at radius 3 is 0.896 bits per heavy atom. The van der Waals surface area contributed by atoms with Crippen LogP contribution >= 0.6 is 0 Å². The largest absolute Gasteiger partial charge is 0.485 e. The van der Waals surface area contributed by atoms with Crippen molar-refractivity contribution in [2.45, 2.75) is 26.4 Å². The molecule has 6 aromatic carbocycles. The Bertz CT molecular complexity index is 1800. The van der Waals surface area contributed by atoms with E-state index in [1.807, 2.05) is 121 Å². The SMILES string of the molecule is O=C(C(=O)c1ccc(OCc2ccccc2)c(OCc2ccccc2)c1)c1ccc(OCc2ccccc2)c(OCc2ccccc2)c1. The summed E-state index contributed by atoms with van der Waals surface area (Å²) in [5.41, 5.74) is 4.26. The van der Waals surface area contributed by atoms with Gasteiger partial charge in [-0.1, -0.05) is 121 Å². The fourth-order valence-corrected chi connectivity index (χ4v) is 4.97. The lowest BCUT2D eigenvalue weighted by molar-refractivity contribution is 0.0816. The second-order valence-corrected chi connectivity index (χ2v) is 11.1. The zero-order valence-corrected chi connectivity index (χ0v) is 26.3. The Morgan fingerprint density at radius 2 is 0.604 bits per heavy atom. The minimum absolute atomic E-state index is 0.186. The molecule has 0 saturated carbocycles. The van der Waals surface area contributed by atoms with Crippen molar-refractivity contribution in [1.29, 1.82) is 0 Å². The van der Waals surface area contributed by atoms with Gasteiger partial charge in [0.25, 0.3) is 0 Å². The smallest absolute Gasteiger partial charge is 0.233 e. The molecule has 0 saturated heterocycles. The van der Waals surface area contributed by atoms with Crippen molar-refractivity contribution in [2.24, 2.45) is 0 Å². The van der Waals surface area contributed by atoms with Gasteiger partial charge in [-0.25, -0.2) is 0 Å². The molecule has 0 aliphatic heterocycles. The lowest BCUT2D eigenvalue weighted by Gasteiger charge is -2.15. The summed E-state index contributed by atoms with van der Waals surface area (Å²) < 4.78 is 24.4. The molecule has 0 aliphatic rings. The first kappa shape index (κ1) is 31.8. The summed E-state index contributed by atoms with van der Waals surface area (Å²) in [6.45, 7) is 1.17. The highest BCUT2D eigenvalue weighted by atomic mass is 16.5. The van der Waals surface area contributed by atoms with Gasteiger partial charge in [0.05, 0.1) is 0 Å². The topological polar surface area (TPSA) is 71.1 Å². The molecule has 6 rings (SSSR count). The minimum Gasteiger partial charge on any atom is -0.485 e. The van der Waals surface area contributed by atoms with Crippen molar-refractivity contribution < 1.29 is 28.5 Å². The maximum absolute atomic E-state index is 13.6. The molecule has 0 heterocycles.